The topological polar surface area (TPSA) is 117 Å². The highest BCUT2D eigenvalue weighted by molar-refractivity contribution is 5.95. The van der Waals surface area contributed by atoms with Gasteiger partial charge in [0, 0.05) is 29.4 Å². The van der Waals surface area contributed by atoms with Gasteiger partial charge in [0.2, 0.25) is 11.9 Å². The van der Waals surface area contributed by atoms with Gasteiger partial charge in [-0.2, -0.15) is 0 Å². The van der Waals surface area contributed by atoms with Crippen LogP contribution in [0.4, 0.5) is 10.3 Å². The van der Waals surface area contributed by atoms with E-state index in [4.69, 9.17) is 5.21 Å². The summed E-state index contributed by atoms with van der Waals surface area (Å²) in [4.78, 5) is 37.0. The predicted octanol–water partition coefficient (Wildman–Crippen LogP) is 4.47. The number of pyridine rings is 1. The fourth-order valence-electron chi connectivity index (χ4n) is 5.98. The molecule has 0 radical (unpaired) electrons. The van der Waals surface area contributed by atoms with E-state index >= 15 is 0 Å². The van der Waals surface area contributed by atoms with Crippen molar-refractivity contribution < 1.29 is 19.2 Å². The smallest absolute Gasteiger partial charge is 0.277 e. The molecule has 9 heteroatoms. The zero-order valence-corrected chi connectivity index (χ0v) is 19.7. The molecule has 0 unspecified atom stereocenters. The summed E-state index contributed by atoms with van der Waals surface area (Å²) in [6.07, 6.45) is 8.31. The van der Waals surface area contributed by atoms with Gasteiger partial charge >= 0.3 is 0 Å². The molecule has 35 heavy (non-hydrogen) atoms. The van der Waals surface area contributed by atoms with Gasteiger partial charge < -0.3 is 0 Å². The van der Waals surface area contributed by atoms with E-state index in [0.29, 0.717) is 17.8 Å². The van der Waals surface area contributed by atoms with Crippen LogP contribution in [-0.4, -0.2) is 32.0 Å². The van der Waals surface area contributed by atoms with Crippen LogP contribution in [0.1, 0.15) is 61.4 Å². The van der Waals surface area contributed by atoms with Crippen molar-refractivity contribution >= 4 is 28.7 Å². The number of nitrogens with one attached hydrogen (secondary N) is 2. The maximum absolute atomic E-state index is 13.9. The highest BCUT2D eigenvalue weighted by Gasteiger charge is 2.49. The van der Waals surface area contributed by atoms with Gasteiger partial charge in [0.1, 0.15) is 5.82 Å². The van der Waals surface area contributed by atoms with E-state index in [9.17, 15) is 14.0 Å². The molecule has 8 nitrogen and oxygen atoms in total. The van der Waals surface area contributed by atoms with Crippen LogP contribution in [0.15, 0.2) is 42.9 Å². The highest BCUT2D eigenvalue weighted by Crippen LogP contribution is 2.56. The number of benzene rings is 1. The molecule has 2 aliphatic carbocycles. The normalized spacial score (nSPS) is 23.8. The number of aromatic nitrogens is 3. The van der Waals surface area contributed by atoms with Crippen LogP contribution in [0.5, 0.6) is 0 Å². The van der Waals surface area contributed by atoms with Gasteiger partial charge in [0.05, 0.1) is 11.1 Å². The number of hydrogen-bond donors (Lipinski definition) is 3. The molecule has 182 valence electrons. The quantitative estimate of drug-likeness (QED) is 0.369. The van der Waals surface area contributed by atoms with Gasteiger partial charge in [-0.25, -0.2) is 19.8 Å². The van der Waals surface area contributed by atoms with Crippen molar-refractivity contribution in [2.24, 2.45) is 23.2 Å². The van der Waals surface area contributed by atoms with Crippen LogP contribution in [-0.2, 0) is 4.79 Å². The average Bonchev–Trinajstić information content (AvgIpc) is 3.43. The number of anilines is 1. The molecule has 5 rings (SSSR count). The summed E-state index contributed by atoms with van der Waals surface area (Å²) in [6, 6.07) is 6.80. The second-order valence-corrected chi connectivity index (χ2v) is 10.3. The Bertz CT molecular complexity index is 1270. The standard InChI is InChI=1S/C26H28FN5O3/c1-26(2,24(34)31-25-29-12-17(13-30-25)23(33)32-35)18-9-14-7-16(8-15(14)10-18)20-5-6-28-22-4-3-19(27)11-21(20)22/h3-6,11-16,18,35H,7-10H2,1-2H3,(H,32,33)(H,29,30,31,34)/t14-,15+,16-,18+. The first-order valence-electron chi connectivity index (χ1n) is 11.9. The fourth-order valence-corrected chi connectivity index (χ4v) is 5.98. The van der Waals surface area contributed by atoms with Gasteiger partial charge in [0.25, 0.3) is 5.91 Å². The summed E-state index contributed by atoms with van der Waals surface area (Å²) >= 11 is 0. The number of carbonyl (C=O) groups is 2. The lowest BCUT2D eigenvalue weighted by Crippen LogP contribution is -2.37. The molecular formula is C26H28FN5O3. The summed E-state index contributed by atoms with van der Waals surface area (Å²) in [6.45, 7) is 3.91. The van der Waals surface area contributed by atoms with E-state index in [0.717, 1.165) is 36.6 Å². The average molecular weight is 478 g/mol. The van der Waals surface area contributed by atoms with E-state index in [2.05, 4.69) is 20.3 Å². The van der Waals surface area contributed by atoms with Gasteiger partial charge in [-0.1, -0.05) is 13.8 Å². The van der Waals surface area contributed by atoms with Crippen LogP contribution in [0, 0.1) is 29.0 Å². The first-order valence-corrected chi connectivity index (χ1v) is 11.9. The second-order valence-electron chi connectivity index (χ2n) is 10.3. The van der Waals surface area contributed by atoms with Crippen molar-refractivity contribution in [1.29, 1.82) is 0 Å². The first-order chi connectivity index (χ1) is 16.8. The van der Waals surface area contributed by atoms with Crippen LogP contribution in [0.3, 0.4) is 0 Å². The Labute approximate surface area is 202 Å². The Balaban J connectivity index is 1.24. The molecule has 2 aliphatic rings. The van der Waals surface area contributed by atoms with E-state index in [1.165, 1.54) is 29.5 Å². The first kappa shape index (κ1) is 23.3. The maximum Gasteiger partial charge on any atom is 0.277 e. The maximum atomic E-state index is 13.9. The Morgan fingerprint density at radius 2 is 1.71 bits per heavy atom. The fraction of sp³-hybridized carbons (Fsp3) is 0.423. The third-order valence-corrected chi connectivity index (χ3v) is 8.04. The van der Waals surface area contributed by atoms with E-state index < -0.39 is 11.3 Å². The molecule has 0 saturated heterocycles. The van der Waals surface area contributed by atoms with E-state index in [1.54, 1.807) is 12.1 Å². The molecule has 2 heterocycles. The number of rotatable bonds is 5. The zero-order chi connectivity index (χ0) is 24.7. The van der Waals surface area contributed by atoms with Crippen molar-refractivity contribution in [1.82, 2.24) is 20.4 Å². The molecule has 2 fully saturated rings. The monoisotopic (exact) mass is 477 g/mol. The molecule has 4 atom stereocenters. The largest absolute Gasteiger partial charge is 0.294 e. The van der Waals surface area contributed by atoms with Gasteiger partial charge in [-0.15, -0.1) is 0 Å². The second kappa shape index (κ2) is 8.96. The number of nitrogens with zero attached hydrogens (tertiary/aromatic N) is 3. The number of amides is 2. The molecule has 1 aromatic carbocycles. The number of halogens is 1. The van der Waals surface area contributed by atoms with E-state index in [-0.39, 0.29) is 29.2 Å². The van der Waals surface area contributed by atoms with Crippen LogP contribution < -0.4 is 10.8 Å². The number of hydrogen-bond acceptors (Lipinski definition) is 6. The minimum atomic E-state index is -0.719. The Morgan fingerprint density at radius 3 is 2.37 bits per heavy atom. The molecule has 0 bridgehead atoms. The van der Waals surface area contributed by atoms with Gasteiger partial charge in [-0.05, 0) is 79.2 Å². The minimum Gasteiger partial charge on any atom is -0.294 e. The lowest BCUT2D eigenvalue weighted by molar-refractivity contribution is -0.126. The molecular weight excluding hydrogens is 449 g/mol. The third kappa shape index (κ3) is 4.36. The molecule has 0 aliphatic heterocycles. The highest BCUT2D eigenvalue weighted by atomic mass is 19.1. The summed E-state index contributed by atoms with van der Waals surface area (Å²) < 4.78 is 13.9. The zero-order valence-electron chi connectivity index (χ0n) is 19.7. The van der Waals surface area contributed by atoms with Crippen LogP contribution >= 0.6 is 0 Å². The van der Waals surface area contributed by atoms with Crippen molar-refractivity contribution in [2.45, 2.75) is 45.4 Å². The predicted molar refractivity (Wildman–Crippen MR) is 127 cm³/mol. The van der Waals surface area contributed by atoms with Crippen LogP contribution in [0.25, 0.3) is 10.9 Å². The number of hydroxylamine groups is 1. The SMILES string of the molecule is CC(C)(C(=O)Nc1ncc(C(=O)NO)cn1)[C@H]1C[C@H]2C[C@@H](c3ccnc4ccc(F)cc34)C[C@H]2C1. The molecule has 2 aromatic heterocycles. The summed E-state index contributed by atoms with van der Waals surface area (Å²) in [7, 11) is 0. The molecule has 2 saturated carbocycles. The molecule has 3 N–H and O–H groups in total. The van der Waals surface area contributed by atoms with Crippen molar-refractivity contribution in [3.8, 4) is 0 Å². The number of fused-ring (bicyclic) bond motifs is 2. The molecule has 0 spiro atoms. The van der Waals surface area contributed by atoms with E-state index in [1.807, 2.05) is 26.1 Å². The summed E-state index contributed by atoms with van der Waals surface area (Å²) in [5, 5.41) is 12.4. The molecule has 3 aromatic rings. The summed E-state index contributed by atoms with van der Waals surface area (Å²) in [5.74, 6) is 0.657. The Hall–Kier alpha value is -3.46. The Morgan fingerprint density at radius 1 is 1.03 bits per heavy atom. The van der Waals surface area contributed by atoms with Crippen molar-refractivity contribution in [2.75, 3.05) is 5.32 Å². The van der Waals surface area contributed by atoms with Gasteiger partial charge in [0.15, 0.2) is 0 Å². The van der Waals surface area contributed by atoms with Crippen LogP contribution in [0.2, 0.25) is 0 Å². The number of carbonyl (C=O) groups excluding carboxylic acids is 2. The third-order valence-electron chi connectivity index (χ3n) is 8.04. The lowest BCUT2D eigenvalue weighted by atomic mass is 9.75. The summed E-state index contributed by atoms with van der Waals surface area (Å²) in [5.41, 5.74) is 2.99. The van der Waals surface area contributed by atoms with Crippen molar-refractivity contribution in [3.63, 3.8) is 0 Å². The Kier molecular flexibility index (Phi) is 5.96. The molecule has 2 amide bonds. The minimum absolute atomic E-state index is 0.0904. The van der Waals surface area contributed by atoms with Gasteiger partial charge in [-0.3, -0.25) is 25.1 Å². The van der Waals surface area contributed by atoms with Crippen molar-refractivity contribution in [3.05, 3.63) is 59.8 Å². The lowest BCUT2D eigenvalue weighted by Gasteiger charge is -2.31.